The lowest BCUT2D eigenvalue weighted by Gasteiger charge is -2.29. The van der Waals surface area contributed by atoms with Crippen molar-refractivity contribution in [2.75, 3.05) is 39.4 Å². The van der Waals surface area contributed by atoms with Crippen LogP contribution < -0.4 is 4.74 Å². The number of aryl methyl sites for hydroxylation is 2. The standard InChI is InChI=1S/C33H36N2O5/c1-23-7-9-26(10-8-23)30-29(32(37)33(38)35(30)16-4-15-34-17-19-39-20-18-34)31(36)27-11-13-28(14-12-27)40-22-25-6-3-5-24(2)21-25/h3,5-14,21,30,36H,4,15-20,22H2,1-2H3. The lowest BCUT2D eigenvalue weighted by atomic mass is 9.94. The third-order valence-corrected chi connectivity index (χ3v) is 7.53. The van der Waals surface area contributed by atoms with Gasteiger partial charge in [-0.1, -0.05) is 59.7 Å². The van der Waals surface area contributed by atoms with Crippen molar-refractivity contribution >= 4 is 17.4 Å². The molecule has 0 saturated carbocycles. The van der Waals surface area contributed by atoms with Crippen molar-refractivity contribution in [1.29, 1.82) is 0 Å². The molecule has 5 rings (SSSR count). The molecule has 0 spiro atoms. The third-order valence-electron chi connectivity index (χ3n) is 7.53. The van der Waals surface area contributed by atoms with E-state index in [1.165, 1.54) is 5.56 Å². The molecule has 2 fully saturated rings. The Morgan fingerprint density at radius 3 is 2.35 bits per heavy atom. The fourth-order valence-corrected chi connectivity index (χ4v) is 5.33. The summed E-state index contributed by atoms with van der Waals surface area (Å²) in [5.74, 6) is -0.761. The van der Waals surface area contributed by atoms with E-state index in [0.29, 0.717) is 37.7 Å². The van der Waals surface area contributed by atoms with E-state index in [4.69, 9.17) is 9.47 Å². The van der Waals surface area contributed by atoms with E-state index in [1.807, 2.05) is 56.3 Å². The first-order valence-corrected chi connectivity index (χ1v) is 13.8. The van der Waals surface area contributed by atoms with Crippen molar-refractivity contribution in [1.82, 2.24) is 9.80 Å². The third kappa shape index (κ3) is 6.27. The van der Waals surface area contributed by atoms with Crippen LogP contribution in [0.15, 0.2) is 78.4 Å². The van der Waals surface area contributed by atoms with Crippen LogP contribution in [0.3, 0.4) is 0 Å². The Morgan fingerprint density at radius 1 is 0.925 bits per heavy atom. The molecular formula is C33H36N2O5. The molecule has 7 heteroatoms. The van der Waals surface area contributed by atoms with Gasteiger partial charge in [0.25, 0.3) is 11.7 Å². The number of amides is 1. The molecule has 3 aromatic rings. The number of rotatable bonds is 9. The summed E-state index contributed by atoms with van der Waals surface area (Å²) in [6.45, 7) is 8.85. The highest BCUT2D eigenvalue weighted by Gasteiger charge is 2.45. The van der Waals surface area contributed by atoms with Crippen LogP contribution in [0.2, 0.25) is 0 Å². The van der Waals surface area contributed by atoms with Gasteiger partial charge in [-0.3, -0.25) is 14.5 Å². The summed E-state index contributed by atoms with van der Waals surface area (Å²) in [4.78, 5) is 30.5. The summed E-state index contributed by atoms with van der Waals surface area (Å²) in [7, 11) is 0. The Hall–Kier alpha value is -3.94. The number of hydrogen-bond acceptors (Lipinski definition) is 6. The zero-order valence-electron chi connectivity index (χ0n) is 23.1. The van der Waals surface area contributed by atoms with E-state index in [1.54, 1.807) is 29.2 Å². The number of carbonyl (C=O) groups excluding carboxylic acids is 2. The number of ether oxygens (including phenoxy) is 2. The molecule has 1 N–H and O–H groups in total. The number of benzene rings is 3. The van der Waals surface area contributed by atoms with Gasteiger partial charge >= 0.3 is 0 Å². The van der Waals surface area contributed by atoms with Crippen LogP contribution in [0.5, 0.6) is 5.75 Å². The summed E-state index contributed by atoms with van der Waals surface area (Å²) in [5, 5.41) is 11.4. The number of hydrogen-bond donors (Lipinski definition) is 1. The Kier molecular flexibility index (Phi) is 8.63. The molecule has 2 saturated heterocycles. The lowest BCUT2D eigenvalue weighted by molar-refractivity contribution is -0.140. The highest BCUT2D eigenvalue weighted by Crippen LogP contribution is 2.39. The molecule has 1 atom stereocenters. The van der Waals surface area contributed by atoms with Gasteiger partial charge in [0.15, 0.2) is 0 Å². The number of carbonyl (C=O) groups is 2. The van der Waals surface area contributed by atoms with E-state index < -0.39 is 17.7 Å². The summed E-state index contributed by atoms with van der Waals surface area (Å²) in [6.07, 6.45) is 0.725. The molecule has 0 radical (unpaired) electrons. The molecule has 2 aliphatic rings. The topological polar surface area (TPSA) is 79.3 Å². The molecular weight excluding hydrogens is 504 g/mol. The second-order valence-corrected chi connectivity index (χ2v) is 10.5. The fraction of sp³-hybridized carbons (Fsp3) is 0.333. The van der Waals surface area contributed by atoms with E-state index in [-0.39, 0.29) is 11.3 Å². The minimum atomic E-state index is -0.658. The van der Waals surface area contributed by atoms with Crippen molar-refractivity contribution < 1.29 is 24.2 Å². The summed E-state index contributed by atoms with van der Waals surface area (Å²) < 4.78 is 11.3. The van der Waals surface area contributed by atoms with Crippen molar-refractivity contribution in [2.45, 2.75) is 32.9 Å². The zero-order valence-corrected chi connectivity index (χ0v) is 23.1. The molecule has 1 unspecified atom stereocenters. The van der Waals surface area contributed by atoms with Crippen molar-refractivity contribution in [3.05, 3.63) is 106 Å². The highest BCUT2D eigenvalue weighted by molar-refractivity contribution is 6.46. The van der Waals surface area contributed by atoms with Gasteiger partial charge in [-0.15, -0.1) is 0 Å². The monoisotopic (exact) mass is 540 g/mol. The largest absolute Gasteiger partial charge is 0.507 e. The SMILES string of the molecule is Cc1ccc(C2C(=C(O)c3ccc(OCc4cccc(C)c4)cc3)C(=O)C(=O)N2CCCN2CCOCC2)cc1. The van der Waals surface area contributed by atoms with Gasteiger partial charge in [-0.05, 0) is 55.7 Å². The van der Waals surface area contributed by atoms with Gasteiger partial charge < -0.3 is 19.5 Å². The van der Waals surface area contributed by atoms with E-state index >= 15 is 0 Å². The van der Waals surface area contributed by atoms with Gasteiger partial charge in [0, 0.05) is 31.7 Å². The molecule has 0 bridgehead atoms. The summed E-state index contributed by atoms with van der Waals surface area (Å²) >= 11 is 0. The first-order valence-electron chi connectivity index (χ1n) is 13.8. The van der Waals surface area contributed by atoms with Crippen LogP contribution in [-0.2, 0) is 20.9 Å². The van der Waals surface area contributed by atoms with Gasteiger partial charge in [0.05, 0.1) is 24.8 Å². The second-order valence-electron chi connectivity index (χ2n) is 10.5. The zero-order chi connectivity index (χ0) is 28.1. The normalized spacial score (nSPS) is 19.2. The average molecular weight is 541 g/mol. The number of likely N-dealkylation sites (tertiary alicyclic amines) is 1. The highest BCUT2D eigenvalue weighted by atomic mass is 16.5. The summed E-state index contributed by atoms with van der Waals surface area (Å²) in [6, 6.07) is 22.2. The maximum atomic E-state index is 13.3. The van der Waals surface area contributed by atoms with Crippen LogP contribution in [0.4, 0.5) is 0 Å². The van der Waals surface area contributed by atoms with Crippen LogP contribution in [-0.4, -0.2) is 66.0 Å². The van der Waals surface area contributed by atoms with Gasteiger partial charge in [-0.2, -0.15) is 0 Å². The number of Topliss-reactive ketones (excluding diaryl/α,β-unsaturated/α-hetero) is 1. The number of morpholine rings is 1. The predicted octanol–water partition coefficient (Wildman–Crippen LogP) is 5.03. The molecule has 1 amide bonds. The second kappa shape index (κ2) is 12.5. The van der Waals surface area contributed by atoms with Crippen LogP contribution in [0.25, 0.3) is 5.76 Å². The van der Waals surface area contributed by atoms with E-state index in [9.17, 15) is 14.7 Å². The molecule has 0 aliphatic carbocycles. The Balaban J connectivity index is 1.38. The number of ketones is 1. The van der Waals surface area contributed by atoms with Crippen molar-refractivity contribution in [2.24, 2.45) is 0 Å². The van der Waals surface area contributed by atoms with Gasteiger partial charge in [-0.25, -0.2) is 0 Å². The number of aliphatic hydroxyl groups is 1. The Bertz CT molecular complexity index is 1370. The Labute approximate surface area is 235 Å². The maximum absolute atomic E-state index is 13.3. The maximum Gasteiger partial charge on any atom is 0.295 e. The molecule has 2 aliphatic heterocycles. The van der Waals surface area contributed by atoms with Gasteiger partial charge in [0.2, 0.25) is 0 Å². The predicted molar refractivity (Wildman–Crippen MR) is 154 cm³/mol. The lowest BCUT2D eigenvalue weighted by Crippen LogP contribution is -2.38. The number of aliphatic hydroxyl groups excluding tert-OH is 1. The van der Waals surface area contributed by atoms with Crippen LogP contribution in [0.1, 0.15) is 40.3 Å². The quantitative estimate of drug-likeness (QED) is 0.233. The van der Waals surface area contributed by atoms with E-state index in [2.05, 4.69) is 11.0 Å². The minimum absolute atomic E-state index is 0.119. The molecule has 7 nitrogen and oxygen atoms in total. The average Bonchev–Trinajstić information content (AvgIpc) is 3.22. The molecule has 208 valence electrons. The minimum Gasteiger partial charge on any atom is -0.507 e. The molecule has 0 aromatic heterocycles. The van der Waals surface area contributed by atoms with E-state index in [0.717, 1.165) is 42.7 Å². The smallest absolute Gasteiger partial charge is 0.295 e. The Morgan fingerprint density at radius 2 is 1.65 bits per heavy atom. The molecule has 3 aromatic carbocycles. The van der Waals surface area contributed by atoms with Crippen molar-refractivity contribution in [3.8, 4) is 5.75 Å². The number of nitrogens with zero attached hydrogens (tertiary/aromatic N) is 2. The summed E-state index contributed by atoms with van der Waals surface area (Å²) in [5.41, 5.74) is 4.70. The first-order chi connectivity index (χ1) is 19.4. The van der Waals surface area contributed by atoms with Crippen LogP contribution >= 0.6 is 0 Å². The molecule has 2 heterocycles. The van der Waals surface area contributed by atoms with Crippen LogP contribution in [0, 0.1) is 13.8 Å². The fourth-order valence-electron chi connectivity index (χ4n) is 5.33. The first kappa shape index (κ1) is 27.6. The van der Waals surface area contributed by atoms with Crippen molar-refractivity contribution in [3.63, 3.8) is 0 Å². The molecule has 40 heavy (non-hydrogen) atoms. The van der Waals surface area contributed by atoms with Gasteiger partial charge in [0.1, 0.15) is 18.1 Å².